The molecule has 11 heteroatoms. The molecular weight excluding hydrogens is 470 g/mol. The summed E-state index contributed by atoms with van der Waals surface area (Å²) in [6.07, 6.45) is -4.65. The third-order valence-corrected chi connectivity index (χ3v) is 7.27. The van der Waals surface area contributed by atoms with Gasteiger partial charge in [0.1, 0.15) is 0 Å². The number of rotatable bonds is 6. The van der Waals surface area contributed by atoms with E-state index in [1.165, 1.54) is 24.3 Å². The fourth-order valence-electron chi connectivity index (χ4n) is 2.95. The average Bonchev–Trinajstić information content (AvgIpc) is 3.49. The molecule has 31 heavy (non-hydrogen) atoms. The van der Waals surface area contributed by atoms with E-state index in [4.69, 9.17) is 23.2 Å². The molecule has 2 aromatic rings. The van der Waals surface area contributed by atoms with Crippen LogP contribution in [0.15, 0.2) is 52.7 Å². The first-order chi connectivity index (χ1) is 14.3. The van der Waals surface area contributed by atoms with Crippen LogP contribution in [0.4, 0.5) is 18.9 Å². The molecule has 0 fully saturated rings. The Labute approximate surface area is 187 Å². The minimum absolute atomic E-state index is 0.151. The van der Waals surface area contributed by atoms with Crippen LogP contribution in [-0.4, -0.2) is 30.8 Å². The lowest BCUT2D eigenvalue weighted by molar-refractivity contribution is -0.166. The highest BCUT2D eigenvalue weighted by Crippen LogP contribution is 2.52. The maximum absolute atomic E-state index is 13.2. The maximum atomic E-state index is 13.2. The van der Waals surface area contributed by atoms with Crippen LogP contribution in [0.2, 0.25) is 19.6 Å². The zero-order valence-corrected chi connectivity index (χ0v) is 19.2. The monoisotopic (exact) mass is 487 g/mol. The van der Waals surface area contributed by atoms with Gasteiger partial charge in [0, 0.05) is 16.7 Å². The second-order valence-corrected chi connectivity index (χ2v) is 14.3. The summed E-state index contributed by atoms with van der Waals surface area (Å²) >= 11 is 11.2. The summed E-state index contributed by atoms with van der Waals surface area (Å²) in [5.41, 5.74) is -2.17. The van der Waals surface area contributed by atoms with Gasteiger partial charge < -0.3 is 5.32 Å². The van der Waals surface area contributed by atoms with E-state index in [1.807, 2.05) is 6.07 Å². The predicted molar refractivity (Wildman–Crippen MR) is 116 cm³/mol. The Kier molecular flexibility index (Phi) is 6.07. The summed E-state index contributed by atoms with van der Waals surface area (Å²) in [6.45, 7) is 6.28. The molecule has 0 saturated carbocycles. The second kappa shape index (κ2) is 8.03. The summed E-state index contributed by atoms with van der Waals surface area (Å²) in [7, 11) is -1.81. The van der Waals surface area contributed by atoms with Crippen molar-refractivity contribution in [3.63, 3.8) is 0 Å². The first kappa shape index (κ1) is 23.4. The van der Waals surface area contributed by atoms with Crippen LogP contribution in [0.3, 0.4) is 0 Å². The fourth-order valence-corrected chi connectivity index (χ4v) is 4.22. The van der Waals surface area contributed by atoms with Gasteiger partial charge in [-0.3, -0.25) is 9.59 Å². The lowest BCUT2D eigenvalue weighted by atomic mass is 9.97. The van der Waals surface area contributed by atoms with Crippen LogP contribution in [0.25, 0.3) is 0 Å². The number of hydrogen-bond acceptors (Lipinski definition) is 4. The van der Waals surface area contributed by atoms with E-state index in [0.717, 1.165) is 5.19 Å². The number of nitrogens with zero attached hydrogens (tertiary/aromatic N) is 2. The van der Waals surface area contributed by atoms with Crippen LogP contribution in [0, 0.1) is 0 Å². The summed E-state index contributed by atoms with van der Waals surface area (Å²) < 4.78 is 39.6. The number of nitrogens with one attached hydrogen (secondary N) is 1. The lowest BCUT2D eigenvalue weighted by Gasteiger charge is -2.20. The third kappa shape index (κ3) is 4.68. The van der Waals surface area contributed by atoms with Crippen LogP contribution in [0.1, 0.15) is 21.5 Å². The van der Waals surface area contributed by atoms with Crippen molar-refractivity contribution in [3.8, 4) is 0 Å². The molecule has 0 bridgehead atoms. The van der Waals surface area contributed by atoms with Crippen molar-refractivity contribution in [2.45, 2.75) is 36.3 Å². The van der Waals surface area contributed by atoms with Gasteiger partial charge in [0.15, 0.2) is 10.6 Å². The Balaban J connectivity index is 1.98. The highest BCUT2D eigenvalue weighted by atomic mass is 35.5. The first-order valence-corrected chi connectivity index (χ1v) is 13.5. The van der Waals surface area contributed by atoms with Crippen molar-refractivity contribution in [2.24, 2.45) is 10.2 Å². The number of carbonyl (C=O) groups is 2. The first-order valence-electron chi connectivity index (χ1n) is 9.16. The van der Waals surface area contributed by atoms with Gasteiger partial charge in [0.05, 0.1) is 13.8 Å². The zero-order valence-electron chi connectivity index (χ0n) is 16.7. The predicted octanol–water partition coefficient (Wildman–Crippen LogP) is 5.39. The van der Waals surface area contributed by atoms with Gasteiger partial charge >= 0.3 is 11.8 Å². The topological polar surface area (TPSA) is 70.9 Å². The second-order valence-electron chi connectivity index (χ2n) is 8.08. The number of carbonyl (C=O) groups excluding carboxylic acids is 2. The number of ketones is 1. The van der Waals surface area contributed by atoms with E-state index in [2.05, 4.69) is 35.2 Å². The number of anilines is 1. The molecule has 0 saturated heterocycles. The molecule has 164 valence electrons. The van der Waals surface area contributed by atoms with Crippen molar-refractivity contribution in [2.75, 3.05) is 5.32 Å². The largest absolute Gasteiger partial charge is 0.442 e. The van der Waals surface area contributed by atoms with Crippen molar-refractivity contribution in [1.82, 2.24) is 0 Å². The number of halogens is 5. The average molecular weight is 488 g/mol. The Bertz CT molecular complexity index is 1060. The Morgan fingerprint density at radius 3 is 2.06 bits per heavy atom. The van der Waals surface area contributed by atoms with Gasteiger partial charge in [-0.25, -0.2) is 0 Å². The van der Waals surface area contributed by atoms with Crippen molar-refractivity contribution in [1.29, 1.82) is 0 Å². The van der Waals surface area contributed by atoms with Crippen molar-refractivity contribution >= 4 is 53.8 Å². The maximum Gasteiger partial charge on any atom is 0.442 e. The molecule has 0 radical (unpaired) electrons. The van der Waals surface area contributed by atoms with E-state index < -0.39 is 36.4 Å². The van der Waals surface area contributed by atoms with Crippen LogP contribution in [-0.2, 0) is 10.5 Å². The third-order valence-electron chi connectivity index (χ3n) is 4.83. The summed E-state index contributed by atoms with van der Waals surface area (Å²) in [4.78, 5) is 23.8. The van der Waals surface area contributed by atoms with E-state index in [1.54, 1.807) is 12.1 Å². The smallest absolute Gasteiger partial charge is 0.323 e. The summed E-state index contributed by atoms with van der Waals surface area (Å²) in [5, 5.41) is 9.80. The van der Waals surface area contributed by atoms with Crippen LogP contribution >= 0.6 is 23.2 Å². The van der Waals surface area contributed by atoms with Gasteiger partial charge in [-0.1, -0.05) is 78.4 Å². The standard InChI is InChI=1S/C20H18Cl2F3N3O2Si/c1-31(2,3)13-8-9-15(26-18(30)17(21)22)14(10-13)16(29)11-4-6-12(7-5-11)19(27-28-19)20(23,24)25/h4-10,17H,1-3H3,(H,26,30). The molecule has 1 aliphatic rings. The molecule has 0 unspecified atom stereocenters. The quantitative estimate of drug-likeness (QED) is 0.337. The van der Waals surface area contributed by atoms with Crippen molar-refractivity contribution in [3.05, 3.63) is 59.2 Å². The molecule has 0 aliphatic carbocycles. The lowest BCUT2D eigenvalue weighted by Crippen LogP contribution is -2.38. The minimum Gasteiger partial charge on any atom is -0.323 e. The molecule has 5 nitrogen and oxygen atoms in total. The molecule has 0 aromatic heterocycles. The zero-order chi connectivity index (χ0) is 23.2. The molecule has 3 rings (SSSR count). The normalized spacial score (nSPS) is 15.1. The summed E-state index contributed by atoms with van der Waals surface area (Å²) in [6, 6.07) is 10.0. The van der Waals surface area contributed by atoms with Gasteiger partial charge in [0.25, 0.3) is 5.91 Å². The van der Waals surface area contributed by atoms with Gasteiger partial charge in [0.2, 0.25) is 0 Å². The Hall–Kier alpha value is -2.23. The van der Waals surface area contributed by atoms with Crippen molar-refractivity contribution < 1.29 is 22.8 Å². The highest BCUT2D eigenvalue weighted by molar-refractivity contribution is 6.88. The molecule has 1 amide bonds. The molecule has 0 spiro atoms. The highest BCUT2D eigenvalue weighted by Gasteiger charge is 2.65. The van der Waals surface area contributed by atoms with Crippen LogP contribution < -0.4 is 10.5 Å². The minimum atomic E-state index is -4.65. The fraction of sp³-hybridized carbons (Fsp3) is 0.300. The van der Waals surface area contributed by atoms with Crippen LogP contribution in [0.5, 0.6) is 0 Å². The van der Waals surface area contributed by atoms with E-state index in [9.17, 15) is 22.8 Å². The molecular formula is C20H18Cl2F3N3O2Si. The van der Waals surface area contributed by atoms with Gasteiger partial charge in [-0.2, -0.15) is 13.2 Å². The Morgan fingerprint density at radius 2 is 1.61 bits per heavy atom. The molecule has 1 N–H and O–H groups in total. The molecule has 1 aliphatic heterocycles. The number of amides is 1. The number of alkyl halides is 5. The summed E-state index contributed by atoms with van der Waals surface area (Å²) in [5.74, 6) is -1.16. The van der Waals surface area contributed by atoms with E-state index in [0.29, 0.717) is 0 Å². The van der Waals surface area contributed by atoms with E-state index >= 15 is 0 Å². The SMILES string of the molecule is C[Si](C)(C)c1ccc(NC(=O)C(Cl)Cl)c(C(=O)c2ccc(C3(C(F)(F)F)N=N3)cc2)c1. The van der Waals surface area contributed by atoms with Gasteiger partial charge in [-0.05, 0) is 12.1 Å². The Morgan fingerprint density at radius 1 is 1.03 bits per heavy atom. The number of hydrogen-bond donors (Lipinski definition) is 1. The molecule has 2 aromatic carbocycles. The van der Waals surface area contributed by atoms with E-state index in [-0.39, 0.29) is 22.4 Å². The molecule has 1 heterocycles. The number of benzene rings is 2. The van der Waals surface area contributed by atoms with Gasteiger partial charge in [-0.15, -0.1) is 10.2 Å². The molecule has 0 atom stereocenters.